The second-order valence-corrected chi connectivity index (χ2v) is 5.66. The summed E-state index contributed by atoms with van der Waals surface area (Å²) in [5.74, 6) is -0.0807. The molecule has 4 heteroatoms. The van der Waals surface area contributed by atoms with Gasteiger partial charge in [-0.05, 0) is 37.0 Å². The fourth-order valence-electron chi connectivity index (χ4n) is 1.98. The molecule has 1 aliphatic rings. The third kappa shape index (κ3) is 2.43. The van der Waals surface area contributed by atoms with E-state index in [4.69, 9.17) is 4.74 Å². The smallest absolute Gasteiger partial charge is 0.316 e. The Morgan fingerprint density at radius 3 is 2.71 bits per heavy atom. The number of ether oxygens (including phenoxy) is 1. The molecule has 0 bridgehead atoms. The summed E-state index contributed by atoms with van der Waals surface area (Å²) in [5.41, 5.74) is 1.87. The molecule has 0 aliphatic heterocycles. The Balaban J connectivity index is 2.31. The number of halogens is 2. The first-order valence-corrected chi connectivity index (χ1v) is 7.57. The van der Waals surface area contributed by atoms with Crippen LogP contribution in [0.3, 0.4) is 0 Å². The van der Waals surface area contributed by atoms with Gasteiger partial charge in [-0.15, -0.1) is 0 Å². The fourth-order valence-corrected chi connectivity index (χ4v) is 3.21. The number of alkyl halides is 1. The summed E-state index contributed by atoms with van der Waals surface area (Å²) in [7, 11) is 0. The maximum absolute atomic E-state index is 12.0. The number of carbonyl (C=O) groups excluding carboxylic acids is 1. The van der Waals surface area contributed by atoms with Gasteiger partial charge in [0.1, 0.15) is 0 Å². The predicted octanol–water partition coefficient (Wildman–Crippen LogP) is 3.94. The van der Waals surface area contributed by atoms with E-state index >= 15 is 0 Å². The maximum atomic E-state index is 12.0. The largest absolute Gasteiger partial charge is 0.465 e. The van der Waals surface area contributed by atoms with E-state index in [-0.39, 0.29) is 11.4 Å². The predicted molar refractivity (Wildman–Crippen MR) is 74.3 cm³/mol. The summed E-state index contributed by atoms with van der Waals surface area (Å²) in [4.78, 5) is 12.0. The van der Waals surface area contributed by atoms with Crippen molar-refractivity contribution in [3.05, 3.63) is 33.8 Å². The lowest BCUT2D eigenvalue weighted by Crippen LogP contribution is -2.23. The zero-order chi connectivity index (χ0) is 12.5. The van der Waals surface area contributed by atoms with Crippen molar-refractivity contribution < 1.29 is 9.53 Å². The van der Waals surface area contributed by atoms with Crippen LogP contribution in [0.4, 0.5) is 0 Å². The van der Waals surface area contributed by atoms with Crippen LogP contribution in [0.5, 0.6) is 0 Å². The molecule has 1 saturated carbocycles. The van der Waals surface area contributed by atoms with Crippen molar-refractivity contribution in [3.63, 3.8) is 0 Å². The van der Waals surface area contributed by atoms with Crippen molar-refractivity contribution in [1.82, 2.24) is 0 Å². The summed E-state index contributed by atoms with van der Waals surface area (Å²) in [6, 6.07) is 6.11. The third-order valence-electron chi connectivity index (χ3n) is 3.16. The van der Waals surface area contributed by atoms with Crippen LogP contribution in [-0.4, -0.2) is 12.6 Å². The number of carbonyl (C=O) groups is 1. The van der Waals surface area contributed by atoms with Crippen molar-refractivity contribution in [2.45, 2.75) is 30.5 Å². The molecule has 0 N–H and O–H groups in total. The first-order chi connectivity index (χ1) is 8.14. The molecule has 0 atom stereocenters. The molecule has 0 heterocycles. The Bertz CT molecular complexity index is 439. The maximum Gasteiger partial charge on any atom is 0.316 e. The Labute approximate surface area is 118 Å². The standard InChI is InChI=1S/C13H14Br2O2/c1-2-17-12(16)13(5-6-13)10-3-4-11(15)9(7-10)8-14/h3-4,7H,2,5-6,8H2,1H3. The van der Waals surface area contributed by atoms with Gasteiger partial charge in [0.05, 0.1) is 12.0 Å². The molecule has 0 amide bonds. The van der Waals surface area contributed by atoms with E-state index in [9.17, 15) is 4.79 Å². The molecule has 1 aromatic rings. The second-order valence-electron chi connectivity index (χ2n) is 4.24. The van der Waals surface area contributed by atoms with E-state index in [1.807, 2.05) is 19.1 Å². The number of hydrogen-bond donors (Lipinski definition) is 0. The number of benzene rings is 1. The van der Waals surface area contributed by atoms with Crippen molar-refractivity contribution in [2.24, 2.45) is 0 Å². The van der Waals surface area contributed by atoms with Crippen LogP contribution in [0.2, 0.25) is 0 Å². The van der Waals surface area contributed by atoms with Crippen molar-refractivity contribution in [3.8, 4) is 0 Å². The molecule has 0 radical (unpaired) electrons. The highest BCUT2D eigenvalue weighted by atomic mass is 79.9. The molecule has 1 aromatic carbocycles. The van der Waals surface area contributed by atoms with Crippen molar-refractivity contribution >= 4 is 37.8 Å². The molecular weight excluding hydrogens is 348 g/mol. The number of esters is 1. The van der Waals surface area contributed by atoms with Crippen LogP contribution < -0.4 is 0 Å². The summed E-state index contributed by atoms with van der Waals surface area (Å²) >= 11 is 6.95. The minimum absolute atomic E-state index is 0.0807. The molecular formula is C13H14Br2O2. The summed E-state index contributed by atoms with van der Waals surface area (Å²) in [6.07, 6.45) is 1.80. The van der Waals surface area contributed by atoms with Crippen LogP contribution in [0, 0.1) is 0 Å². The van der Waals surface area contributed by atoms with E-state index in [1.54, 1.807) is 0 Å². The van der Waals surface area contributed by atoms with Crippen LogP contribution in [-0.2, 0) is 20.3 Å². The van der Waals surface area contributed by atoms with E-state index in [2.05, 4.69) is 37.9 Å². The van der Waals surface area contributed by atoms with Gasteiger partial charge in [-0.25, -0.2) is 0 Å². The van der Waals surface area contributed by atoms with E-state index in [0.717, 1.165) is 33.8 Å². The monoisotopic (exact) mass is 360 g/mol. The van der Waals surface area contributed by atoms with Crippen molar-refractivity contribution in [2.75, 3.05) is 6.61 Å². The van der Waals surface area contributed by atoms with E-state index in [1.165, 1.54) is 0 Å². The summed E-state index contributed by atoms with van der Waals surface area (Å²) < 4.78 is 6.23. The highest BCUT2D eigenvalue weighted by molar-refractivity contribution is 9.10. The van der Waals surface area contributed by atoms with Gasteiger partial charge in [0.2, 0.25) is 0 Å². The molecule has 0 saturated heterocycles. The number of hydrogen-bond acceptors (Lipinski definition) is 2. The lowest BCUT2D eigenvalue weighted by Gasteiger charge is -2.15. The minimum Gasteiger partial charge on any atom is -0.465 e. The molecule has 0 unspecified atom stereocenters. The van der Waals surface area contributed by atoms with Gasteiger partial charge < -0.3 is 4.74 Å². The summed E-state index contributed by atoms with van der Waals surface area (Å²) in [6.45, 7) is 2.29. The fraction of sp³-hybridized carbons (Fsp3) is 0.462. The van der Waals surface area contributed by atoms with E-state index in [0.29, 0.717) is 6.61 Å². The first kappa shape index (κ1) is 13.1. The van der Waals surface area contributed by atoms with Gasteiger partial charge in [-0.2, -0.15) is 0 Å². The van der Waals surface area contributed by atoms with Crippen LogP contribution in [0.1, 0.15) is 30.9 Å². The van der Waals surface area contributed by atoms with Crippen LogP contribution >= 0.6 is 31.9 Å². The lowest BCUT2D eigenvalue weighted by atomic mass is 9.95. The lowest BCUT2D eigenvalue weighted by molar-refractivity contribution is -0.146. The highest BCUT2D eigenvalue weighted by Crippen LogP contribution is 2.49. The average molecular weight is 362 g/mol. The quantitative estimate of drug-likeness (QED) is 0.599. The summed E-state index contributed by atoms with van der Waals surface area (Å²) in [5, 5.41) is 0.778. The molecule has 2 nitrogen and oxygen atoms in total. The third-order valence-corrected chi connectivity index (χ3v) is 4.54. The zero-order valence-corrected chi connectivity index (χ0v) is 12.8. The molecule has 0 aromatic heterocycles. The van der Waals surface area contributed by atoms with E-state index < -0.39 is 0 Å². The van der Waals surface area contributed by atoms with Crippen molar-refractivity contribution in [1.29, 1.82) is 0 Å². The van der Waals surface area contributed by atoms with Gasteiger partial charge in [-0.1, -0.05) is 44.0 Å². The second kappa shape index (κ2) is 5.11. The molecule has 1 fully saturated rings. The minimum atomic E-state index is -0.367. The normalized spacial score (nSPS) is 16.6. The highest BCUT2D eigenvalue weighted by Gasteiger charge is 2.52. The first-order valence-electron chi connectivity index (χ1n) is 5.66. The van der Waals surface area contributed by atoms with Gasteiger partial charge in [0.15, 0.2) is 0 Å². The zero-order valence-electron chi connectivity index (χ0n) is 9.63. The Morgan fingerprint density at radius 1 is 1.47 bits per heavy atom. The molecule has 17 heavy (non-hydrogen) atoms. The Hall–Kier alpha value is -0.350. The van der Waals surface area contributed by atoms with Gasteiger partial charge in [0.25, 0.3) is 0 Å². The molecule has 2 rings (SSSR count). The molecule has 1 aliphatic carbocycles. The average Bonchev–Trinajstić information content (AvgIpc) is 3.11. The van der Waals surface area contributed by atoms with Gasteiger partial charge in [0, 0.05) is 9.80 Å². The van der Waals surface area contributed by atoms with Gasteiger partial charge >= 0.3 is 5.97 Å². The molecule has 92 valence electrons. The molecule has 0 spiro atoms. The topological polar surface area (TPSA) is 26.3 Å². The van der Waals surface area contributed by atoms with Gasteiger partial charge in [-0.3, -0.25) is 4.79 Å². The number of rotatable bonds is 4. The van der Waals surface area contributed by atoms with Crippen LogP contribution in [0.25, 0.3) is 0 Å². The Morgan fingerprint density at radius 2 is 2.18 bits per heavy atom. The van der Waals surface area contributed by atoms with Crippen LogP contribution in [0.15, 0.2) is 22.7 Å². The Kier molecular flexibility index (Phi) is 3.93. The SMILES string of the molecule is CCOC(=O)C1(c2ccc(Br)c(CBr)c2)CC1.